The van der Waals surface area contributed by atoms with Gasteiger partial charge in [-0.15, -0.1) is 0 Å². The lowest BCUT2D eigenvalue weighted by Gasteiger charge is -2.07. The van der Waals surface area contributed by atoms with Gasteiger partial charge in [0.15, 0.2) is 0 Å². The zero-order valence-corrected chi connectivity index (χ0v) is 9.41. The summed E-state index contributed by atoms with van der Waals surface area (Å²) in [5, 5.41) is 2.70. The topological polar surface area (TPSA) is 68.0 Å². The van der Waals surface area contributed by atoms with Gasteiger partial charge in [-0.1, -0.05) is 6.07 Å². The summed E-state index contributed by atoms with van der Waals surface area (Å²) in [6.07, 6.45) is 1.70. The predicted octanol–water partition coefficient (Wildman–Crippen LogP) is 0.807. The molecular weight excluding hydrogens is 246 g/mol. The van der Waals surface area contributed by atoms with E-state index in [1.165, 1.54) is 0 Å². The van der Waals surface area contributed by atoms with Crippen LogP contribution in [0.3, 0.4) is 0 Å². The quantitative estimate of drug-likeness (QED) is 0.788. The van der Waals surface area contributed by atoms with E-state index >= 15 is 0 Å². The van der Waals surface area contributed by atoms with Gasteiger partial charge in [-0.05, 0) is 34.5 Å². The molecule has 0 aliphatic carbocycles. The second-order valence-electron chi connectivity index (χ2n) is 3.00. The van der Waals surface area contributed by atoms with Crippen molar-refractivity contribution in [1.82, 2.24) is 10.3 Å². The molecule has 1 aromatic heterocycles. The van der Waals surface area contributed by atoms with Gasteiger partial charge in [-0.25, -0.2) is 4.98 Å². The fraction of sp³-hybridized carbons (Fsp3) is 0.333. The fourth-order valence-corrected chi connectivity index (χ4v) is 1.10. The third-order valence-corrected chi connectivity index (χ3v) is 2.14. The summed E-state index contributed by atoms with van der Waals surface area (Å²) in [7, 11) is 0. The Hall–Kier alpha value is -0.940. The van der Waals surface area contributed by atoms with Crippen LogP contribution in [-0.4, -0.2) is 16.9 Å². The minimum Gasteiger partial charge on any atom is -0.351 e. The van der Waals surface area contributed by atoms with Crippen molar-refractivity contribution >= 4 is 21.8 Å². The Morgan fingerprint density at radius 2 is 2.43 bits per heavy atom. The zero-order valence-electron chi connectivity index (χ0n) is 7.83. The number of nitrogens with one attached hydrogen (secondary N) is 1. The van der Waals surface area contributed by atoms with Crippen molar-refractivity contribution in [2.24, 2.45) is 5.73 Å². The number of hydrogen-bond acceptors (Lipinski definition) is 3. The van der Waals surface area contributed by atoms with E-state index in [4.69, 9.17) is 5.73 Å². The molecule has 1 rings (SSSR count). The maximum absolute atomic E-state index is 11.1. The Labute approximate surface area is 91.0 Å². The third-order valence-electron chi connectivity index (χ3n) is 1.67. The van der Waals surface area contributed by atoms with Gasteiger partial charge in [0.2, 0.25) is 5.91 Å². The van der Waals surface area contributed by atoms with Crippen LogP contribution in [0.1, 0.15) is 12.5 Å². The molecule has 1 aromatic rings. The monoisotopic (exact) mass is 257 g/mol. The molecule has 14 heavy (non-hydrogen) atoms. The zero-order chi connectivity index (χ0) is 10.6. The molecule has 0 saturated carbocycles. The predicted molar refractivity (Wildman–Crippen MR) is 57.4 cm³/mol. The first-order chi connectivity index (χ1) is 6.59. The van der Waals surface area contributed by atoms with E-state index in [1.54, 1.807) is 13.1 Å². The number of carbonyl (C=O) groups is 1. The maximum Gasteiger partial charge on any atom is 0.236 e. The first-order valence-electron chi connectivity index (χ1n) is 4.23. The number of aromatic nitrogens is 1. The van der Waals surface area contributed by atoms with E-state index in [9.17, 15) is 4.79 Å². The SMILES string of the molecule is CC(N)C(=O)NCc1ccc(Br)nc1. The van der Waals surface area contributed by atoms with Gasteiger partial charge in [0.05, 0.1) is 6.04 Å². The average molecular weight is 258 g/mol. The number of hydrogen-bond donors (Lipinski definition) is 2. The number of pyridine rings is 1. The molecule has 0 saturated heterocycles. The Balaban J connectivity index is 2.46. The van der Waals surface area contributed by atoms with Gasteiger partial charge in [0.25, 0.3) is 0 Å². The second-order valence-corrected chi connectivity index (χ2v) is 3.81. The Bertz CT molecular complexity index is 310. The summed E-state index contributed by atoms with van der Waals surface area (Å²) in [5.74, 6) is -0.159. The van der Waals surface area contributed by atoms with Gasteiger partial charge in [-0.3, -0.25) is 4.79 Å². The number of rotatable bonds is 3. The Morgan fingerprint density at radius 1 is 1.71 bits per heavy atom. The van der Waals surface area contributed by atoms with Crippen LogP contribution in [0.15, 0.2) is 22.9 Å². The Kier molecular flexibility index (Phi) is 4.03. The van der Waals surface area contributed by atoms with E-state index in [0.29, 0.717) is 6.54 Å². The van der Waals surface area contributed by atoms with Gasteiger partial charge in [0, 0.05) is 12.7 Å². The van der Waals surface area contributed by atoms with Crippen molar-refractivity contribution < 1.29 is 4.79 Å². The maximum atomic E-state index is 11.1. The molecule has 5 heteroatoms. The van der Waals surface area contributed by atoms with Crippen molar-refractivity contribution in [3.8, 4) is 0 Å². The largest absolute Gasteiger partial charge is 0.351 e. The van der Waals surface area contributed by atoms with Crippen LogP contribution < -0.4 is 11.1 Å². The van der Waals surface area contributed by atoms with E-state index in [0.717, 1.165) is 10.2 Å². The summed E-state index contributed by atoms with van der Waals surface area (Å²) in [5.41, 5.74) is 6.34. The Morgan fingerprint density at radius 3 is 2.93 bits per heavy atom. The minimum atomic E-state index is -0.474. The van der Waals surface area contributed by atoms with E-state index in [-0.39, 0.29) is 5.91 Å². The van der Waals surface area contributed by atoms with Crippen molar-refractivity contribution in [3.05, 3.63) is 28.5 Å². The number of carbonyl (C=O) groups excluding carboxylic acids is 1. The molecule has 1 heterocycles. The molecule has 0 aliphatic heterocycles. The molecule has 0 aromatic carbocycles. The molecule has 0 radical (unpaired) electrons. The summed E-state index contributed by atoms with van der Waals surface area (Å²) in [6.45, 7) is 2.11. The van der Waals surface area contributed by atoms with Crippen molar-refractivity contribution in [2.45, 2.75) is 19.5 Å². The lowest BCUT2D eigenvalue weighted by Crippen LogP contribution is -2.37. The molecule has 1 atom stereocenters. The van der Waals surface area contributed by atoms with Crippen LogP contribution in [0.5, 0.6) is 0 Å². The summed E-state index contributed by atoms with van der Waals surface area (Å²) in [4.78, 5) is 15.2. The van der Waals surface area contributed by atoms with Gasteiger partial charge in [0.1, 0.15) is 4.60 Å². The normalized spacial score (nSPS) is 12.2. The first kappa shape index (κ1) is 11.1. The summed E-state index contributed by atoms with van der Waals surface area (Å²) < 4.78 is 0.778. The average Bonchev–Trinajstić information content (AvgIpc) is 2.16. The molecule has 1 unspecified atom stereocenters. The van der Waals surface area contributed by atoms with Crippen LogP contribution in [0.25, 0.3) is 0 Å². The van der Waals surface area contributed by atoms with Crippen LogP contribution >= 0.6 is 15.9 Å². The molecule has 4 nitrogen and oxygen atoms in total. The first-order valence-corrected chi connectivity index (χ1v) is 5.02. The lowest BCUT2D eigenvalue weighted by molar-refractivity contribution is -0.122. The van der Waals surface area contributed by atoms with Crippen LogP contribution in [0.2, 0.25) is 0 Å². The molecule has 0 bridgehead atoms. The molecular formula is C9H12BrN3O. The molecule has 0 aliphatic rings. The number of halogens is 1. The highest BCUT2D eigenvalue weighted by Crippen LogP contribution is 2.05. The summed E-state index contributed by atoms with van der Waals surface area (Å²) in [6, 6.07) is 3.24. The van der Waals surface area contributed by atoms with Crippen molar-refractivity contribution in [1.29, 1.82) is 0 Å². The van der Waals surface area contributed by atoms with Crippen molar-refractivity contribution in [2.75, 3.05) is 0 Å². The fourth-order valence-electron chi connectivity index (χ4n) is 0.861. The van der Waals surface area contributed by atoms with Gasteiger partial charge in [-0.2, -0.15) is 0 Å². The highest BCUT2D eigenvalue weighted by Gasteiger charge is 2.05. The van der Waals surface area contributed by atoms with E-state index < -0.39 is 6.04 Å². The smallest absolute Gasteiger partial charge is 0.236 e. The number of nitrogens with two attached hydrogens (primary N) is 1. The van der Waals surface area contributed by atoms with Crippen LogP contribution in [0, 0.1) is 0 Å². The van der Waals surface area contributed by atoms with Crippen LogP contribution in [0.4, 0.5) is 0 Å². The molecule has 1 amide bonds. The van der Waals surface area contributed by atoms with E-state index in [2.05, 4.69) is 26.2 Å². The third kappa shape index (κ3) is 3.43. The second kappa shape index (κ2) is 5.07. The van der Waals surface area contributed by atoms with E-state index in [1.807, 2.05) is 12.1 Å². The highest BCUT2D eigenvalue weighted by atomic mass is 79.9. The van der Waals surface area contributed by atoms with Crippen LogP contribution in [-0.2, 0) is 11.3 Å². The number of nitrogens with zero attached hydrogens (tertiary/aromatic N) is 1. The molecule has 0 fully saturated rings. The molecule has 76 valence electrons. The number of amides is 1. The lowest BCUT2D eigenvalue weighted by atomic mass is 10.2. The summed E-state index contributed by atoms with van der Waals surface area (Å²) >= 11 is 3.23. The van der Waals surface area contributed by atoms with Gasteiger partial charge >= 0.3 is 0 Å². The van der Waals surface area contributed by atoms with Gasteiger partial charge < -0.3 is 11.1 Å². The molecule has 0 spiro atoms. The standard InChI is InChI=1S/C9H12BrN3O/c1-6(11)9(14)13-5-7-2-3-8(10)12-4-7/h2-4,6H,5,11H2,1H3,(H,13,14). The minimum absolute atomic E-state index is 0.159. The van der Waals surface area contributed by atoms with Crippen molar-refractivity contribution in [3.63, 3.8) is 0 Å². The highest BCUT2D eigenvalue weighted by molar-refractivity contribution is 9.10. The molecule has 3 N–H and O–H groups in total.